The van der Waals surface area contributed by atoms with Crippen molar-refractivity contribution in [2.75, 3.05) is 0 Å². The van der Waals surface area contributed by atoms with Crippen molar-refractivity contribution >= 4 is 21.8 Å². The highest BCUT2D eigenvalue weighted by molar-refractivity contribution is 9.10. The van der Waals surface area contributed by atoms with Crippen molar-refractivity contribution in [1.82, 2.24) is 5.32 Å². The van der Waals surface area contributed by atoms with E-state index in [1.165, 1.54) is 6.07 Å². The van der Waals surface area contributed by atoms with E-state index in [4.69, 9.17) is 5.73 Å². The van der Waals surface area contributed by atoms with E-state index in [0.29, 0.717) is 17.9 Å². The van der Waals surface area contributed by atoms with Gasteiger partial charge < -0.3 is 11.1 Å². The first kappa shape index (κ1) is 15.1. The average Bonchev–Trinajstić information content (AvgIpc) is 2.29. The molecule has 0 saturated heterocycles. The van der Waals surface area contributed by atoms with E-state index in [1.54, 1.807) is 12.1 Å². The van der Waals surface area contributed by atoms with E-state index >= 15 is 0 Å². The van der Waals surface area contributed by atoms with Gasteiger partial charge in [0.1, 0.15) is 5.82 Å². The Labute approximate surface area is 115 Å². The predicted molar refractivity (Wildman–Crippen MR) is 73.4 cm³/mol. The molecule has 0 heterocycles. The number of nitrogens with two attached hydrogens (primary N) is 1. The number of hydrogen-bond acceptors (Lipinski definition) is 2. The largest absolute Gasteiger partial charge is 0.351 e. The third kappa shape index (κ3) is 4.74. The summed E-state index contributed by atoms with van der Waals surface area (Å²) in [5.74, 6) is -0.229. The van der Waals surface area contributed by atoms with Gasteiger partial charge in [0.05, 0.1) is 6.04 Å². The Balaban J connectivity index is 2.54. The highest BCUT2D eigenvalue weighted by atomic mass is 79.9. The van der Waals surface area contributed by atoms with Crippen LogP contribution in [0.15, 0.2) is 22.7 Å². The fourth-order valence-electron chi connectivity index (χ4n) is 1.61. The molecule has 0 aliphatic rings. The zero-order valence-electron chi connectivity index (χ0n) is 10.5. The van der Waals surface area contributed by atoms with Crippen LogP contribution in [-0.2, 0) is 11.3 Å². The second-order valence-electron chi connectivity index (χ2n) is 4.69. The molecule has 1 rings (SSSR count). The molecule has 0 aromatic heterocycles. The minimum absolute atomic E-state index is 0.149. The maximum Gasteiger partial charge on any atom is 0.237 e. The monoisotopic (exact) mass is 316 g/mol. The summed E-state index contributed by atoms with van der Waals surface area (Å²) >= 11 is 3.26. The quantitative estimate of drug-likeness (QED) is 0.877. The summed E-state index contributed by atoms with van der Waals surface area (Å²) in [6, 6.07) is 4.08. The van der Waals surface area contributed by atoms with Crippen LogP contribution >= 0.6 is 15.9 Å². The number of rotatable bonds is 5. The van der Waals surface area contributed by atoms with Crippen molar-refractivity contribution in [3.63, 3.8) is 0 Å². The van der Waals surface area contributed by atoms with Crippen LogP contribution in [0.25, 0.3) is 0 Å². The normalized spacial score (nSPS) is 12.6. The lowest BCUT2D eigenvalue weighted by atomic mass is 10.0. The van der Waals surface area contributed by atoms with Crippen LogP contribution in [0.5, 0.6) is 0 Å². The summed E-state index contributed by atoms with van der Waals surface area (Å²) < 4.78 is 14.2. The minimum Gasteiger partial charge on any atom is -0.351 e. The number of carbonyl (C=O) groups is 1. The zero-order valence-corrected chi connectivity index (χ0v) is 12.1. The lowest BCUT2D eigenvalue weighted by Gasteiger charge is -2.14. The van der Waals surface area contributed by atoms with Gasteiger partial charge in [0.2, 0.25) is 5.91 Å². The first-order valence-electron chi connectivity index (χ1n) is 5.87. The Morgan fingerprint density at radius 2 is 2.17 bits per heavy atom. The van der Waals surface area contributed by atoms with E-state index in [1.807, 2.05) is 13.8 Å². The molecular weight excluding hydrogens is 299 g/mol. The lowest BCUT2D eigenvalue weighted by Crippen LogP contribution is -2.41. The molecule has 0 bridgehead atoms. The van der Waals surface area contributed by atoms with Gasteiger partial charge in [0.15, 0.2) is 0 Å². The number of nitrogens with one attached hydrogen (secondary N) is 1. The van der Waals surface area contributed by atoms with E-state index in [0.717, 1.165) is 4.47 Å². The highest BCUT2D eigenvalue weighted by Crippen LogP contribution is 2.15. The van der Waals surface area contributed by atoms with Gasteiger partial charge in [-0.1, -0.05) is 29.8 Å². The van der Waals surface area contributed by atoms with Crippen LogP contribution in [0, 0.1) is 11.7 Å². The SMILES string of the molecule is CC(C)C[C@H](N)C(=O)NCc1cc(Br)ccc1F. The van der Waals surface area contributed by atoms with Crippen LogP contribution in [-0.4, -0.2) is 11.9 Å². The standard InChI is InChI=1S/C13H18BrFN2O/c1-8(2)5-12(16)13(18)17-7-9-6-10(14)3-4-11(9)15/h3-4,6,8,12H,5,7,16H2,1-2H3,(H,17,18)/t12-/m0/s1. The van der Waals surface area contributed by atoms with Crippen LogP contribution in [0.4, 0.5) is 4.39 Å². The number of carbonyl (C=O) groups excluding carboxylic acids is 1. The molecule has 1 aromatic carbocycles. The highest BCUT2D eigenvalue weighted by Gasteiger charge is 2.15. The maximum absolute atomic E-state index is 13.4. The maximum atomic E-state index is 13.4. The Hall–Kier alpha value is -0.940. The van der Waals surface area contributed by atoms with Gasteiger partial charge in [-0.25, -0.2) is 4.39 Å². The molecule has 3 nitrogen and oxygen atoms in total. The van der Waals surface area contributed by atoms with Crippen molar-refractivity contribution in [1.29, 1.82) is 0 Å². The fourth-order valence-corrected chi connectivity index (χ4v) is 2.02. The smallest absolute Gasteiger partial charge is 0.237 e. The average molecular weight is 317 g/mol. The van der Waals surface area contributed by atoms with E-state index < -0.39 is 6.04 Å². The summed E-state index contributed by atoms with van der Waals surface area (Å²) in [5, 5.41) is 2.65. The van der Waals surface area contributed by atoms with Gasteiger partial charge in [-0.3, -0.25) is 4.79 Å². The molecule has 0 fully saturated rings. The summed E-state index contributed by atoms with van der Waals surface area (Å²) in [6.45, 7) is 4.15. The molecule has 0 aliphatic carbocycles. The molecule has 3 N–H and O–H groups in total. The summed E-state index contributed by atoms with van der Waals surface area (Å²) in [7, 11) is 0. The van der Waals surface area contributed by atoms with Crippen LogP contribution in [0.2, 0.25) is 0 Å². The van der Waals surface area contributed by atoms with E-state index in [9.17, 15) is 9.18 Å². The van der Waals surface area contributed by atoms with Crippen molar-refractivity contribution < 1.29 is 9.18 Å². The van der Waals surface area contributed by atoms with Gasteiger partial charge >= 0.3 is 0 Å². The van der Waals surface area contributed by atoms with Crippen molar-refractivity contribution in [3.05, 3.63) is 34.1 Å². The predicted octanol–water partition coefficient (Wildman–Crippen LogP) is 2.58. The third-order valence-electron chi connectivity index (χ3n) is 2.52. The lowest BCUT2D eigenvalue weighted by molar-refractivity contribution is -0.122. The number of amides is 1. The number of halogens is 2. The van der Waals surface area contributed by atoms with Crippen molar-refractivity contribution in [2.24, 2.45) is 11.7 Å². The molecule has 18 heavy (non-hydrogen) atoms. The zero-order chi connectivity index (χ0) is 13.7. The Bertz CT molecular complexity index is 423. The van der Waals surface area contributed by atoms with Gasteiger partial charge in [0.25, 0.3) is 0 Å². The number of hydrogen-bond donors (Lipinski definition) is 2. The summed E-state index contributed by atoms with van der Waals surface area (Å²) in [5.41, 5.74) is 6.17. The first-order chi connectivity index (χ1) is 8.40. The third-order valence-corrected chi connectivity index (χ3v) is 3.02. The summed E-state index contributed by atoms with van der Waals surface area (Å²) in [4.78, 5) is 11.7. The fraction of sp³-hybridized carbons (Fsp3) is 0.462. The second kappa shape index (κ2) is 6.85. The Morgan fingerprint density at radius 1 is 1.50 bits per heavy atom. The molecule has 1 aromatic rings. The van der Waals surface area contributed by atoms with E-state index in [2.05, 4.69) is 21.2 Å². The minimum atomic E-state index is -0.541. The summed E-state index contributed by atoms with van der Waals surface area (Å²) in [6.07, 6.45) is 0.618. The molecule has 0 spiro atoms. The van der Waals surface area contributed by atoms with Crippen LogP contribution < -0.4 is 11.1 Å². The van der Waals surface area contributed by atoms with Crippen molar-refractivity contribution in [2.45, 2.75) is 32.9 Å². The molecule has 0 radical (unpaired) electrons. The molecule has 0 saturated carbocycles. The molecule has 0 unspecified atom stereocenters. The molecule has 1 amide bonds. The molecule has 0 aliphatic heterocycles. The molecular formula is C13H18BrFN2O. The van der Waals surface area contributed by atoms with Crippen LogP contribution in [0.1, 0.15) is 25.8 Å². The van der Waals surface area contributed by atoms with Gasteiger partial charge in [0, 0.05) is 16.6 Å². The van der Waals surface area contributed by atoms with E-state index in [-0.39, 0.29) is 18.3 Å². The van der Waals surface area contributed by atoms with Gasteiger partial charge in [-0.15, -0.1) is 0 Å². The Kier molecular flexibility index (Phi) is 5.75. The number of benzene rings is 1. The molecule has 5 heteroatoms. The Morgan fingerprint density at radius 3 is 2.78 bits per heavy atom. The molecule has 1 atom stereocenters. The van der Waals surface area contributed by atoms with Crippen molar-refractivity contribution in [3.8, 4) is 0 Å². The van der Waals surface area contributed by atoms with Gasteiger partial charge in [-0.2, -0.15) is 0 Å². The first-order valence-corrected chi connectivity index (χ1v) is 6.66. The topological polar surface area (TPSA) is 55.1 Å². The van der Waals surface area contributed by atoms with Gasteiger partial charge in [-0.05, 0) is 30.5 Å². The molecule has 100 valence electrons. The second-order valence-corrected chi connectivity index (χ2v) is 5.61. The van der Waals surface area contributed by atoms with Crippen LogP contribution in [0.3, 0.4) is 0 Å².